The van der Waals surface area contributed by atoms with Crippen LogP contribution in [0.2, 0.25) is 0 Å². The van der Waals surface area contributed by atoms with Crippen LogP contribution in [0.4, 0.5) is 22.0 Å². The Morgan fingerprint density at radius 2 is 1.90 bits per heavy atom. The standard InChI is InChI=1S/C14H7F5N2/c15-11-3-1-2-10(12(11)16)13-8(4-5-20)6-9(7-21-13)14(17,18)19/h1-3,6-7H,4H2. The molecule has 108 valence electrons. The molecule has 0 atom stereocenters. The number of hydrogen-bond acceptors (Lipinski definition) is 2. The van der Waals surface area contributed by atoms with E-state index in [-0.39, 0.29) is 16.8 Å². The monoisotopic (exact) mass is 298 g/mol. The molecule has 7 heteroatoms. The second-order valence-electron chi connectivity index (χ2n) is 4.17. The molecule has 0 spiro atoms. The fourth-order valence-corrected chi connectivity index (χ4v) is 1.81. The number of aromatic nitrogens is 1. The molecule has 0 aliphatic carbocycles. The van der Waals surface area contributed by atoms with E-state index < -0.39 is 29.8 Å². The van der Waals surface area contributed by atoms with Crippen molar-refractivity contribution in [2.24, 2.45) is 0 Å². The quantitative estimate of drug-likeness (QED) is 0.782. The van der Waals surface area contributed by atoms with E-state index >= 15 is 0 Å². The molecule has 2 aromatic rings. The van der Waals surface area contributed by atoms with E-state index in [1.165, 1.54) is 12.1 Å². The maximum absolute atomic E-state index is 13.7. The van der Waals surface area contributed by atoms with Crippen LogP contribution >= 0.6 is 0 Å². The minimum Gasteiger partial charge on any atom is -0.255 e. The van der Waals surface area contributed by atoms with Crippen molar-refractivity contribution in [1.29, 1.82) is 5.26 Å². The van der Waals surface area contributed by atoms with Gasteiger partial charge < -0.3 is 0 Å². The summed E-state index contributed by atoms with van der Waals surface area (Å²) in [4.78, 5) is 3.56. The van der Waals surface area contributed by atoms with Crippen LogP contribution in [0.5, 0.6) is 0 Å². The lowest BCUT2D eigenvalue weighted by molar-refractivity contribution is -0.137. The zero-order chi connectivity index (χ0) is 15.6. The summed E-state index contributed by atoms with van der Waals surface area (Å²) in [5.41, 5.74) is -1.62. The van der Waals surface area contributed by atoms with Crippen LogP contribution < -0.4 is 0 Å². The molecule has 0 saturated carbocycles. The Hall–Kier alpha value is -2.49. The molecule has 0 aliphatic heterocycles. The summed E-state index contributed by atoms with van der Waals surface area (Å²) in [6.07, 6.45) is -4.50. The average Bonchev–Trinajstić information content (AvgIpc) is 2.41. The Morgan fingerprint density at radius 1 is 1.19 bits per heavy atom. The zero-order valence-corrected chi connectivity index (χ0v) is 10.4. The molecule has 0 radical (unpaired) electrons. The van der Waals surface area contributed by atoms with Gasteiger partial charge in [0.1, 0.15) is 0 Å². The van der Waals surface area contributed by atoms with Gasteiger partial charge in [0.15, 0.2) is 11.6 Å². The van der Waals surface area contributed by atoms with E-state index in [0.29, 0.717) is 6.20 Å². The molecule has 0 fully saturated rings. The highest BCUT2D eigenvalue weighted by Crippen LogP contribution is 2.33. The average molecular weight is 298 g/mol. The van der Waals surface area contributed by atoms with E-state index in [4.69, 9.17) is 5.26 Å². The van der Waals surface area contributed by atoms with E-state index in [1.54, 1.807) is 6.07 Å². The molecule has 0 saturated heterocycles. The van der Waals surface area contributed by atoms with Gasteiger partial charge >= 0.3 is 6.18 Å². The maximum atomic E-state index is 13.7. The number of alkyl halides is 3. The van der Waals surface area contributed by atoms with Gasteiger partial charge in [0, 0.05) is 11.8 Å². The minimum absolute atomic E-state index is 0.114. The Kier molecular flexibility index (Phi) is 3.89. The molecule has 21 heavy (non-hydrogen) atoms. The van der Waals surface area contributed by atoms with Gasteiger partial charge in [-0.3, -0.25) is 4.98 Å². The normalized spacial score (nSPS) is 11.2. The zero-order valence-electron chi connectivity index (χ0n) is 10.4. The van der Waals surface area contributed by atoms with Crippen molar-refractivity contribution in [3.05, 3.63) is 53.2 Å². The summed E-state index contributed by atoms with van der Waals surface area (Å²) in [6.45, 7) is 0. The number of halogens is 5. The van der Waals surface area contributed by atoms with Crippen LogP contribution in [-0.2, 0) is 12.6 Å². The number of rotatable bonds is 2. The molecule has 0 unspecified atom stereocenters. The van der Waals surface area contributed by atoms with Crippen LogP contribution in [0.15, 0.2) is 30.5 Å². The van der Waals surface area contributed by atoms with E-state index in [1.807, 2.05) is 0 Å². The van der Waals surface area contributed by atoms with E-state index in [2.05, 4.69) is 4.98 Å². The predicted molar refractivity (Wildman–Crippen MR) is 63.9 cm³/mol. The van der Waals surface area contributed by atoms with E-state index in [9.17, 15) is 22.0 Å². The van der Waals surface area contributed by atoms with Gasteiger partial charge in [-0.2, -0.15) is 18.4 Å². The summed E-state index contributed by atoms with van der Waals surface area (Å²) >= 11 is 0. The lowest BCUT2D eigenvalue weighted by Gasteiger charge is -2.12. The van der Waals surface area contributed by atoms with E-state index in [0.717, 1.165) is 12.1 Å². The molecule has 0 amide bonds. The van der Waals surface area contributed by atoms with Gasteiger partial charge in [-0.25, -0.2) is 8.78 Å². The Balaban J connectivity index is 2.64. The molecule has 2 nitrogen and oxygen atoms in total. The molecule has 2 rings (SSSR count). The Labute approximate surface area is 116 Å². The fourth-order valence-electron chi connectivity index (χ4n) is 1.81. The molecule has 1 heterocycles. The summed E-state index contributed by atoms with van der Waals surface area (Å²) in [5, 5.41) is 8.68. The SMILES string of the molecule is N#CCc1cc(C(F)(F)F)cnc1-c1cccc(F)c1F. The third kappa shape index (κ3) is 2.99. The van der Waals surface area contributed by atoms with Gasteiger partial charge in [0.25, 0.3) is 0 Å². The van der Waals surface area contributed by atoms with Crippen LogP contribution in [0, 0.1) is 23.0 Å². The first-order chi connectivity index (χ1) is 9.84. The highest BCUT2D eigenvalue weighted by Gasteiger charge is 2.32. The fraction of sp³-hybridized carbons (Fsp3) is 0.143. The third-order valence-electron chi connectivity index (χ3n) is 2.77. The van der Waals surface area contributed by atoms with Crippen LogP contribution in [-0.4, -0.2) is 4.98 Å². The first-order valence-corrected chi connectivity index (χ1v) is 5.72. The molecular weight excluding hydrogens is 291 g/mol. The minimum atomic E-state index is -4.63. The van der Waals surface area contributed by atoms with Crippen molar-refractivity contribution in [3.63, 3.8) is 0 Å². The van der Waals surface area contributed by atoms with Crippen molar-refractivity contribution < 1.29 is 22.0 Å². The van der Waals surface area contributed by atoms with Crippen molar-refractivity contribution in [3.8, 4) is 17.3 Å². The van der Waals surface area contributed by atoms with Gasteiger partial charge in [0.2, 0.25) is 0 Å². The van der Waals surface area contributed by atoms with Gasteiger partial charge in [-0.15, -0.1) is 0 Å². The van der Waals surface area contributed by atoms with Gasteiger partial charge in [-0.1, -0.05) is 6.07 Å². The first kappa shape index (κ1) is 14.9. The third-order valence-corrected chi connectivity index (χ3v) is 2.77. The van der Waals surface area contributed by atoms with Crippen molar-refractivity contribution in [2.45, 2.75) is 12.6 Å². The smallest absolute Gasteiger partial charge is 0.255 e. The first-order valence-electron chi connectivity index (χ1n) is 5.72. The topological polar surface area (TPSA) is 36.7 Å². The highest BCUT2D eigenvalue weighted by molar-refractivity contribution is 5.64. The molecule has 0 N–H and O–H groups in total. The van der Waals surface area contributed by atoms with Gasteiger partial charge in [0.05, 0.1) is 23.7 Å². The number of nitriles is 1. The largest absolute Gasteiger partial charge is 0.417 e. The number of pyridine rings is 1. The second kappa shape index (κ2) is 5.48. The predicted octanol–water partition coefficient (Wildman–Crippen LogP) is 4.11. The second-order valence-corrected chi connectivity index (χ2v) is 4.17. The van der Waals surface area contributed by atoms with Crippen molar-refractivity contribution in [1.82, 2.24) is 4.98 Å². The summed E-state index contributed by atoms with van der Waals surface area (Å²) < 4.78 is 64.8. The van der Waals surface area contributed by atoms with Crippen LogP contribution in [0.25, 0.3) is 11.3 Å². The van der Waals surface area contributed by atoms with Crippen LogP contribution in [0.1, 0.15) is 11.1 Å². The number of nitrogens with zero attached hydrogens (tertiary/aromatic N) is 2. The van der Waals surface area contributed by atoms with Crippen molar-refractivity contribution >= 4 is 0 Å². The molecule has 1 aromatic carbocycles. The molecule has 0 bridgehead atoms. The number of benzene rings is 1. The summed E-state index contributed by atoms with van der Waals surface area (Å²) in [5.74, 6) is -2.36. The summed E-state index contributed by atoms with van der Waals surface area (Å²) in [7, 11) is 0. The number of hydrogen-bond donors (Lipinski definition) is 0. The molecular formula is C14H7F5N2. The van der Waals surface area contributed by atoms with Gasteiger partial charge in [-0.05, 0) is 23.8 Å². The summed E-state index contributed by atoms with van der Waals surface area (Å²) in [6, 6.07) is 5.68. The Morgan fingerprint density at radius 3 is 2.52 bits per heavy atom. The lowest BCUT2D eigenvalue weighted by Crippen LogP contribution is -2.08. The molecule has 0 aliphatic rings. The lowest BCUT2D eigenvalue weighted by atomic mass is 10.0. The highest BCUT2D eigenvalue weighted by atomic mass is 19.4. The van der Waals surface area contributed by atoms with Crippen molar-refractivity contribution in [2.75, 3.05) is 0 Å². The Bertz CT molecular complexity index is 716. The van der Waals surface area contributed by atoms with Crippen LogP contribution in [0.3, 0.4) is 0 Å². The molecule has 1 aromatic heterocycles. The maximum Gasteiger partial charge on any atom is 0.417 e.